The lowest BCUT2D eigenvalue weighted by Crippen LogP contribution is -2.52. The summed E-state index contributed by atoms with van der Waals surface area (Å²) in [5, 5.41) is 2.86. The van der Waals surface area contributed by atoms with Crippen molar-refractivity contribution in [3.8, 4) is 0 Å². The molecule has 2 aromatic carbocycles. The molecule has 212 valence electrons. The molecule has 2 fully saturated rings. The predicted molar refractivity (Wildman–Crippen MR) is 149 cm³/mol. The molecule has 0 bridgehead atoms. The molecule has 3 aliphatic rings. The molecule has 3 aromatic rings. The first-order chi connectivity index (χ1) is 19.7. The van der Waals surface area contributed by atoms with Crippen LogP contribution < -0.4 is 5.32 Å². The van der Waals surface area contributed by atoms with Crippen LogP contribution in [0.15, 0.2) is 42.5 Å². The Morgan fingerprint density at radius 1 is 1.17 bits per heavy atom. The van der Waals surface area contributed by atoms with Crippen molar-refractivity contribution < 1.29 is 23.2 Å². The number of H-pyrrole nitrogens is 1. The third-order valence-corrected chi connectivity index (χ3v) is 9.16. The number of likely N-dealkylation sites (tertiary alicyclic amines) is 1. The van der Waals surface area contributed by atoms with Crippen LogP contribution in [-0.2, 0) is 15.0 Å². The maximum atomic E-state index is 14.4. The number of hydrogen-bond acceptors (Lipinski definition) is 3. The summed E-state index contributed by atoms with van der Waals surface area (Å²) in [5.41, 5.74) is 0.741. The highest BCUT2D eigenvalue weighted by Crippen LogP contribution is 2.47. The summed E-state index contributed by atoms with van der Waals surface area (Å²) >= 11 is 0. The summed E-state index contributed by atoms with van der Waals surface area (Å²) in [6.07, 6.45) is 4.83. The van der Waals surface area contributed by atoms with Crippen LogP contribution in [0.3, 0.4) is 0 Å². The van der Waals surface area contributed by atoms with Crippen LogP contribution in [0.5, 0.6) is 0 Å². The first-order valence-electron chi connectivity index (χ1n) is 14.1. The molecule has 2 aliphatic heterocycles. The zero-order valence-corrected chi connectivity index (χ0v) is 22.8. The Balaban J connectivity index is 1.33. The minimum atomic E-state index is -1.05. The molecule has 3 atom stereocenters. The Morgan fingerprint density at radius 3 is 2.68 bits per heavy atom. The molecule has 10 heteroatoms. The molecule has 3 heterocycles. The second-order valence-corrected chi connectivity index (χ2v) is 11.5. The van der Waals surface area contributed by atoms with Crippen molar-refractivity contribution in [2.45, 2.75) is 62.6 Å². The van der Waals surface area contributed by atoms with Gasteiger partial charge >= 0.3 is 6.17 Å². The van der Waals surface area contributed by atoms with Gasteiger partial charge in [0, 0.05) is 30.2 Å². The van der Waals surface area contributed by atoms with Gasteiger partial charge in [-0.1, -0.05) is 50.3 Å². The minimum Gasteiger partial charge on any atom is -0.350 e. The Morgan fingerprint density at radius 2 is 1.93 bits per heavy atom. The van der Waals surface area contributed by atoms with Crippen molar-refractivity contribution in [3.05, 3.63) is 76.8 Å². The van der Waals surface area contributed by atoms with Gasteiger partial charge in [-0.15, -0.1) is 0 Å². The summed E-state index contributed by atoms with van der Waals surface area (Å²) in [6.45, 7) is 7.93. The quantitative estimate of drug-likeness (QED) is 0.420. The van der Waals surface area contributed by atoms with E-state index in [1.165, 1.54) is 29.0 Å². The van der Waals surface area contributed by atoms with E-state index in [4.69, 9.17) is 6.57 Å². The number of carbonyl (C=O) groups excluding carboxylic acids is 3. The molecule has 0 unspecified atom stereocenters. The van der Waals surface area contributed by atoms with Crippen LogP contribution in [0, 0.1) is 24.1 Å². The van der Waals surface area contributed by atoms with Gasteiger partial charge in [0.2, 0.25) is 5.91 Å². The zero-order chi connectivity index (χ0) is 28.9. The predicted octanol–water partition coefficient (Wildman–Crippen LogP) is 5.22. The number of likely N-dealkylation sites (N-methyl/N-ethyl adjacent to an activating group) is 1. The molecule has 41 heavy (non-hydrogen) atoms. The summed E-state index contributed by atoms with van der Waals surface area (Å²) < 4.78 is 28.2. The normalized spacial score (nSPS) is 22.9. The maximum absolute atomic E-state index is 14.4. The average Bonchev–Trinajstić information content (AvgIpc) is 3.68. The second kappa shape index (κ2) is 10.3. The third-order valence-electron chi connectivity index (χ3n) is 9.16. The number of rotatable bonds is 5. The molecular weight excluding hydrogens is 528 g/mol. The molecule has 8 nitrogen and oxygen atoms in total. The second-order valence-electron chi connectivity index (χ2n) is 11.5. The van der Waals surface area contributed by atoms with Crippen molar-refractivity contribution in [2.75, 3.05) is 18.9 Å². The lowest BCUT2D eigenvalue weighted by atomic mass is 9.80. The van der Waals surface area contributed by atoms with E-state index >= 15 is 0 Å². The lowest BCUT2D eigenvalue weighted by molar-refractivity contribution is -0.137. The monoisotopic (exact) mass is 559 g/mol. The number of hydrogen-bond donors (Lipinski definition) is 2. The lowest BCUT2D eigenvalue weighted by Gasteiger charge is -2.34. The molecular formula is C31H31F2N5O3. The summed E-state index contributed by atoms with van der Waals surface area (Å²) in [4.78, 5) is 50.7. The number of benzene rings is 2. The number of anilines is 1. The number of nitrogens with zero attached hydrogens (tertiary/aromatic N) is 3. The highest BCUT2D eigenvalue weighted by atomic mass is 19.2. The van der Waals surface area contributed by atoms with Gasteiger partial charge in [0.05, 0.1) is 6.42 Å². The van der Waals surface area contributed by atoms with Gasteiger partial charge in [-0.05, 0) is 42.2 Å². The van der Waals surface area contributed by atoms with E-state index < -0.39 is 35.2 Å². The summed E-state index contributed by atoms with van der Waals surface area (Å²) in [5.74, 6) is -2.99. The van der Waals surface area contributed by atoms with Crippen LogP contribution in [0.2, 0.25) is 0 Å². The number of aromatic amines is 1. The number of aromatic nitrogens is 1. The number of carbonyl (C=O) groups is 3. The number of halogens is 2. The van der Waals surface area contributed by atoms with Gasteiger partial charge in [0.25, 0.3) is 11.8 Å². The fourth-order valence-electron chi connectivity index (χ4n) is 6.90. The standard InChI is InChI=1S/C31H31F2N5O3/c1-34-26-16-31(20-10-6-7-11-23(20)36-30(31)41)17-38(26)29(40)25(14-18-8-4-3-5-9-18)37(2)28(39)24-15-19-22(35-24)13-12-21(32)27(19)33/h6-7,10-13,15,18,25-26,35H,3-5,8-9,14,16-17H2,2H3,(H,36,41)/t25-,26-,31-/m0/s1. The van der Waals surface area contributed by atoms with Crippen molar-refractivity contribution in [2.24, 2.45) is 5.92 Å². The first-order valence-corrected chi connectivity index (χ1v) is 14.1. The highest BCUT2D eigenvalue weighted by molar-refractivity contribution is 6.07. The van der Waals surface area contributed by atoms with E-state index in [1.54, 1.807) is 0 Å². The maximum Gasteiger partial charge on any atom is 0.302 e. The number of fused-ring (bicyclic) bond motifs is 3. The van der Waals surface area contributed by atoms with E-state index in [9.17, 15) is 23.2 Å². The van der Waals surface area contributed by atoms with Gasteiger partial charge in [-0.25, -0.2) is 15.4 Å². The molecule has 6 rings (SSSR count). The van der Waals surface area contributed by atoms with E-state index in [2.05, 4.69) is 15.1 Å². The third kappa shape index (κ3) is 4.44. The topological polar surface area (TPSA) is 89.9 Å². The summed E-state index contributed by atoms with van der Waals surface area (Å²) in [7, 11) is 1.53. The van der Waals surface area contributed by atoms with E-state index in [-0.39, 0.29) is 47.3 Å². The van der Waals surface area contributed by atoms with E-state index in [0.717, 1.165) is 43.7 Å². The van der Waals surface area contributed by atoms with Crippen LogP contribution in [-0.4, -0.2) is 58.3 Å². The highest BCUT2D eigenvalue weighted by Gasteiger charge is 2.59. The number of nitrogens with one attached hydrogen (secondary N) is 2. The van der Waals surface area contributed by atoms with Gasteiger partial charge in [0.1, 0.15) is 17.2 Å². The SMILES string of the molecule is [C-]#[N+][C@@H]1C[C@@]2(CN1C(=O)[C@H](CC1CCCCC1)N(C)C(=O)c1cc3c(F)c(F)ccc3[nH]1)C(=O)Nc1ccccc12. The Kier molecular flexibility index (Phi) is 6.76. The average molecular weight is 560 g/mol. The molecule has 0 radical (unpaired) electrons. The van der Waals surface area contributed by atoms with Crippen molar-refractivity contribution in [1.82, 2.24) is 14.8 Å². The van der Waals surface area contributed by atoms with Crippen molar-refractivity contribution in [3.63, 3.8) is 0 Å². The number of amides is 3. The fraction of sp³-hybridized carbons (Fsp3) is 0.419. The van der Waals surface area contributed by atoms with E-state index in [0.29, 0.717) is 12.1 Å². The zero-order valence-electron chi connectivity index (χ0n) is 22.8. The van der Waals surface area contributed by atoms with Crippen LogP contribution >= 0.6 is 0 Å². The molecule has 1 aromatic heterocycles. The molecule has 1 saturated carbocycles. The van der Waals surface area contributed by atoms with Gasteiger partial charge in [0.15, 0.2) is 11.6 Å². The van der Waals surface area contributed by atoms with Crippen LogP contribution in [0.4, 0.5) is 14.5 Å². The fourth-order valence-corrected chi connectivity index (χ4v) is 6.90. The molecule has 3 amide bonds. The van der Waals surface area contributed by atoms with Crippen molar-refractivity contribution in [1.29, 1.82) is 0 Å². The summed E-state index contributed by atoms with van der Waals surface area (Å²) in [6, 6.07) is 10.1. The van der Waals surface area contributed by atoms with Crippen LogP contribution in [0.1, 0.15) is 61.0 Å². The minimum absolute atomic E-state index is 0.0390. The van der Waals surface area contributed by atoms with E-state index in [1.807, 2.05) is 24.3 Å². The molecule has 1 aliphatic carbocycles. The van der Waals surface area contributed by atoms with Gasteiger partial charge < -0.3 is 15.2 Å². The Hall–Kier alpha value is -4.26. The number of para-hydroxylation sites is 1. The van der Waals surface area contributed by atoms with Gasteiger partial charge in [-0.2, -0.15) is 0 Å². The molecule has 1 spiro atoms. The largest absolute Gasteiger partial charge is 0.350 e. The Labute approximate surface area is 236 Å². The smallest absolute Gasteiger partial charge is 0.302 e. The van der Waals surface area contributed by atoms with Crippen molar-refractivity contribution >= 4 is 34.3 Å². The molecule has 1 saturated heterocycles. The molecule has 2 N–H and O–H groups in total. The Bertz CT molecular complexity index is 1590. The van der Waals surface area contributed by atoms with Crippen LogP contribution in [0.25, 0.3) is 15.7 Å². The first kappa shape index (κ1) is 26.9. The van der Waals surface area contributed by atoms with Gasteiger partial charge in [-0.3, -0.25) is 24.1 Å².